The molecular formula is C16H18N4O. The Morgan fingerprint density at radius 2 is 2.05 bits per heavy atom. The Morgan fingerprint density at radius 3 is 2.67 bits per heavy atom. The predicted octanol–water partition coefficient (Wildman–Crippen LogP) is 2.57. The van der Waals surface area contributed by atoms with Gasteiger partial charge in [0.25, 0.3) is 5.91 Å². The molecule has 2 rings (SSSR count). The lowest BCUT2D eigenvalue weighted by Gasteiger charge is -2.13. The third-order valence-corrected chi connectivity index (χ3v) is 2.96. The topological polar surface area (TPSA) is 66.9 Å². The lowest BCUT2D eigenvalue weighted by Crippen LogP contribution is -2.27. The number of hydrogen-bond donors (Lipinski definition) is 2. The molecule has 1 aromatic carbocycles. The Morgan fingerprint density at radius 1 is 1.29 bits per heavy atom. The Balaban J connectivity index is 1.98. The molecule has 2 aromatic rings. The fourth-order valence-corrected chi connectivity index (χ4v) is 1.81. The van der Waals surface area contributed by atoms with Crippen molar-refractivity contribution in [3.05, 3.63) is 66.6 Å². The maximum Gasteiger partial charge on any atom is 0.271 e. The van der Waals surface area contributed by atoms with E-state index in [1.807, 2.05) is 37.3 Å². The quantitative estimate of drug-likeness (QED) is 0.799. The van der Waals surface area contributed by atoms with E-state index in [2.05, 4.69) is 27.2 Å². The van der Waals surface area contributed by atoms with Crippen LogP contribution in [0.15, 0.2) is 55.4 Å². The van der Waals surface area contributed by atoms with E-state index >= 15 is 0 Å². The summed E-state index contributed by atoms with van der Waals surface area (Å²) in [6, 6.07) is 9.69. The molecule has 0 aliphatic heterocycles. The molecule has 1 amide bonds. The summed E-state index contributed by atoms with van der Waals surface area (Å²) in [6.07, 6.45) is 4.72. The minimum absolute atomic E-state index is 0.0842. The molecule has 108 valence electrons. The number of hydrogen-bond acceptors (Lipinski definition) is 4. The van der Waals surface area contributed by atoms with Gasteiger partial charge in [0.1, 0.15) is 11.5 Å². The van der Waals surface area contributed by atoms with Crippen LogP contribution < -0.4 is 10.6 Å². The molecule has 0 saturated heterocycles. The summed E-state index contributed by atoms with van der Waals surface area (Å²) in [5.74, 6) is 0.372. The number of nitrogens with zero attached hydrogens (tertiary/aromatic N) is 2. The normalized spacial score (nSPS) is 11.5. The summed E-state index contributed by atoms with van der Waals surface area (Å²) in [7, 11) is 0. The number of nitrogens with one attached hydrogen (secondary N) is 2. The van der Waals surface area contributed by atoms with E-state index in [0.29, 0.717) is 18.1 Å². The molecule has 0 saturated carbocycles. The number of anilines is 1. The smallest absolute Gasteiger partial charge is 0.271 e. The van der Waals surface area contributed by atoms with Crippen LogP contribution in [0.4, 0.5) is 5.82 Å². The lowest BCUT2D eigenvalue weighted by atomic mass is 10.1. The van der Waals surface area contributed by atoms with E-state index < -0.39 is 0 Å². The number of carbonyl (C=O) groups excluding carboxylic acids is 1. The zero-order valence-corrected chi connectivity index (χ0v) is 11.9. The number of carbonyl (C=O) groups is 1. The van der Waals surface area contributed by atoms with Gasteiger partial charge >= 0.3 is 0 Å². The molecule has 0 bridgehead atoms. The zero-order chi connectivity index (χ0) is 15.1. The number of rotatable bonds is 6. The van der Waals surface area contributed by atoms with Crippen molar-refractivity contribution in [1.82, 2.24) is 15.3 Å². The van der Waals surface area contributed by atoms with Crippen molar-refractivity contribution in [2.24, 2.45) is 0 Å². The second-order valence-electron chi connectivity index (χ2n) is 4.56. The van der Waals surface area contributed by atoms with E-state index in [9.17, 15) is 4.79 Å². The van der Waals surface area contributed by atoms with Crippen molar-refractivity contribution >= 4 is 11.7 Å². The second-order valence-corrected chi connectivity index (χ2v) is 4.56. The maximum absolute atomic E-state index is 12.1. The van der Waals surface area contributed by atoms with Gasteiger partial charge in [-0.25, -0.2) is 9.97 Å². The zero-order valence-electron chi connectivity index (χ0n) is 11.9. The van der Waals surface area contributed by atoms with Gasteiger partial charge in [0, 0.05) is 6.54 Å². The molecule has 21 heavy (non-hydrogen) atoms. The summed E-state index contributed by atoms with van der Waals surface area (Å²) >= 11 is 0. The fourth-order valence-electron chi connectivity index (χ4n) is 1.81. The third kappa shape index (κ3) is 4.14. The van der Waals surface area contributed by atoms with Crippen molar-refractivity contribution < 1.29 is 4.79 Å². The molecule has 2 N–H and O–H groups in total. The summed E-state index contributed by atoms with van der Waals surface area (Å²) in [5.41, 5.74) is 1.34. The highest BCUT2D eigenvalue weighted by atomic mass is 16.1. The highest BCUT2D eigenvalue weighted by Crippen LogP contribution is 2.12. The van der Waals surface area contributed by atoms with Crippen LogP contribution in [0.2, 0.25) is 0 Å². The lowest BCUT2D eigenvalue weighted by molar-refractivity contribution is 0.0934. The number of aromatic nitrogens is 2. The average Bonchev–Trinajstić information content (AvgIpc) is 2.54. The molecule has 1 heterocycles. The highest BCUT2D eigenvalue weighted by Gasteiger charge is 2.12. The van der Waals surface area contributed by atoms with Crippen molar-refractivity contribution in [2.75, 3.05) is 11.9 Å². The molecule has 0 fully saturated rings. The molecule has 0 aliphatic carbocycles. The van der Waals surface area contributed by atoms with Gasteiger partial charge in [-0.2, -0.15) is 0 Å². The first-order valence-corrected chi connectivity index (χ1v) is 6.73. The first-order chi connectivity index (χ1) is 10.2. The van der Waals surface area contributed by atoms with E-state index in [1.54, 1.807) is 6.08 Å². The van der Waals surface area contributed by atoms with Gasteiger partial charge in [0.2, 0.25) is 0 Å². The number of amides is 1. The van der Waals surface area contributed by atoms with Crippen LogP contribution in [0, 0.1) is 0 Å². The van der Waals surface area contributed by atoms with Gasteiger partial charge < -0.3 is 10.6 Å². The van der Waals surface area contributed by atoms with Gasteiger partial charge in [-0.3, -0.25) is 4.79 Å². The largest absolute Gasteiger partial charge is 0.365 e. The van der Waals surface area contributed by atoms with Crippen molar-refractivity contribution in [1.29, 1.82) is 0 Å². The maximum atomic E-state index is 12.1. The molecule has 1 unspecified atom stereocenters. The molecule has 1 atom stereocenters. The molecule has 0 radical (unpaired) electrons. The van der Waals surface area contributed by atoms with Gasteiger partial charge in [-0.1, -0.05) is 36.4 Å². The highest BCUT2D eigenvalue weighted by molar-refractivity contribution is 5.92. The minimum Gasteiger partial charge on any atom is -0.365 e. The standard InChI is InChI=1S/C16H18N4O/c1-3-9-17-15-11-18-14(10-19-15)16(21)20-12(2)13-7-5-4-6-8-13/h3-8,10-12H,1,9H2,2H3,(H,17,19)(H,20,21). The van der Waals surface area contributed by atoms with Crippen molar-refractivity contribution in [3.8, 4) is 0 Å². The molecular weight excluding hydrogens is 264 g/mol. The predicted molar refractivity (Wildman–Crippen MR) is 83.0 cm³/mol. The fraction of sp³-hybridized carbons (Fsp3) is 0.188. The van der Waals surface area contributed by atoms with Crippen molar-refractivity contribution in [2.45, 2.75) is 13.0 Å². The van der Waals surface area contributed by atoms with Gasteiger partial charge in [-0.15, -0.1) is 6.58 Å². The van der Waals surface area contributed by atoms with Gasteiger partial charge in [-0.05, 0) is 12.5 Å². The monoisotopic (exact) mass is 282 g/mol. The molecule has 0 spiro atoms. The minimum atomic E-state index is -0.242. The van der Waals surface area contributed by atoms with Crippen LogP contribution in [0.25, 0.3) is 0 Å². The van der Waals surface area contributed by atoms with Crippen LogP contribution in [-0.2, 0) is 0 Å². The second kappa shape index (κ2) is 7.19. The van der Waals surface area contributed by atoms with Crippen LogP contribution >= 0.6 is 0 Å². The van der Waals surface area contributed by atoms with Crippen LogP contribution in [0.5, 0.6) is 0 Å². The Labute approximate surface area is 124 Å². The summed E-state index contributed by atoms with van der Waals surface area (Å²) in [5, 5.41) is 5.90. The summed E-state index contributed by atoms with van der Waals surface area (Å²) in [4.78, 5) is 20.3. The molecule has 1 aromatic heterocycles. The van der Waals surface area contributed by atoms with E-state index in [4.69, 9.17) is 0 Å². The first kappa shape index (κ1) is 14.7. The number of benzene rings is 1. The summed E-state index contributed by atoms with van der Waals surface area (Å²) in [6.45, 7) is 6.14. The average molecular weight is 282 g/mol. The summed E-state index contributed by atoms with van der Waals surface area (Å²) < 4.78 is 0. The van der Waals surface area contributed by atoms with Crippen molar-refractivity contribution in [3.63, 3.8) is 0 Å². The molecule has 5 heteroatoms. The SMILES string of the molecule is C=CCNc1cnc(C(=O)NC(C)c2ccccc2)cn1. The van der Waals surface area contributed by atoms with Crippen LogP contribution in [-0.4, -0.2) is 22.4 Å². The van der Waals surface area contributed by atoms with E-state index in [1.165, 1.54) is 12.4 Å². The third-order valence-electron chi connectivity index (χ3n) is 2.96. The Hall–Kier alpha value is -2.69. The van der Waals surface area contributed by atoms with E-state index in [0.717, 1.165) is 5.56 Å². The van der Waals surface area contributed by atoms with Crippen LogP contribution in [0.3, 0.4) is 0 Å². The Kier molecular flexibility index (Phi) is 5.04. The van der Waals surface area contributed by atoms with Crippen LogP contribution in [0.1, 0.15) is 29.0 Å². The van der Waals surface area contributed by atoms with E-state index in [-0.39, 0.29) is 11.9 Å². The van der Waals surface area contributed by atoms with Gasteiger partial charge in [0.15, 0.2) is 0 Å². The first-order valence-electron chi connectivity index (χ1n) is 6.73. The van der Waals surface area contributed by atoms with Gasteiger partial charge in [0.05, 0.1) is 18.4 Å². The molecule has 5 nitrogen and oxygen atoms in total. The molecule has 0 aliphatic rings. The Bertz CT molecular complexity index is 595.